The van der Waals surface area contributed by atoms with Crippen molar-refractivity contribution in [1.29, 1.82) is 0 Å². The van der Waals surface area contributed by atoms with E-state index in [0.29, 0.717) is 12.6 Å². The maximum Gasteiger partial charge on any atom is 0.208 e. The van der Waals surface area contributed by atoms with Gasteiger partial charge in [0.05, 0.1) is 12.7 Å². The van der Waals surface area contributed by atoms with Gasteiger partial charge in [0, 0.05) is 26.2 Å². The number of hydrogen-bond donors (Lipinski definition) is 1. The molecule has 0 aliphatic heterocycles. The first-order valence-corrected chi connectivity index (χ1v) is 5.38. The second-order valence-corrected chi connectivity index (χ2v) is 3.85. The van der Waals surface area contributed by atoms with E-state index in [2.05, 4.69) is 24.1 Å². The van der Waals surface area contributed by atoms with Crippen LogP contribution in [0.3, 0.4) is 0 Å². The van der Waals surface area contributed by atoms with Gasteiger partial charge < -0.3 is 14.5 Å². The molecule has 0 saturated heterocycles. The van der Waals surface area contributed by atoms with E-state index in [1.54, 1.807) is 13.3 Å². The topological polar surface area (TPSA) is 47.3 Å². The maximum absolute atomic E-state index is 5.55. The van der Waals surface area contributed by atoms with Crippen molar-refractivity contribution in [3.63, 3.8) is 0 Å². The molecule has 0 atom stereocenters. The van der Waals surface area contributed by atoms with Crippen molar-refractivity contribution >= 4 is 0 Å². The number of oxazole rings is 1. The molecule has 1 rings (SSSR count). The summed E-state index contributed by atoms with van der Waals surface area (Å²) in [7, 11) is 1.71. The first-order chi connectivity index (χ1) is 7.22. The third kappa shape index (κ3) is 4.95. The van der Waals surface area contributed by atoms with Crippen LogP contribution in [0.5, 0.6) is 0 Å². The predicted octanol–water partition coefficient (Wildman–Crippen LogP) is 1.75. The fourth-order valence-electron chi connectivity index (χ4n) is 1.23. The molecule has 0 radical (unpaired) electrons. The molecule has 1 heterocycles. The first kappa shape index (κ1) is 12.2. The van der Waals surface area contributed by atoms with Crippen LogP contribution in [0.15, 0.2) is 10.6 Å². The minimum Gasteiger partial charge on any atom is -0.444 e. The van der Waals surface area contributed by atoms with Gasteiger partial charge in [0.15, 0.2) is 0 Å². The molecule has 0 unspecified atom stereocenters. The smallest absolute Gasteiger partial charge is 0.208 e. The van der Waals surface area contributed by atoms with Crippen molar-refractivity contribution < 1.29 is 9.15 Å². The van der Waals surface area contributed by atoms with Gasteiger partial charge in [-0.3, -0.25) is 0 Å². The van der Waals surface area contributed by atoms with Gasteiger partial charge in [0.25, 0.3) is 0 Å². The van der Waals surface area contributed by atoms with E-state index in [1.807, 2.05) is 0 Å². The Labute approximate surface area is 91.0 Å². The Bertz CT molecular complexity index is 271. The van der Waals surface area contributed by atoms with Crippen LogP contribution in [0.2, 0.25) is 0 Å². The van der Waals surface area contributed by atoms with Crippen LogP contribution < -0.4 is 5.32 Å². The van der Waals surface area contributed by atoms with Gasteiger partial charge >= 0.3 is 0 Å². The van der Waals surface area contributed by atoms with Crippen LogP contribution in [0, 0.1) is 0 Å². The average Bonchev–Trinajstić information content (AvgIpc) is 2.63. The maximum atomic E-state index is 5.55. The Morgan fingerprint density at radius 1 is 1.53 bits per heavy atom. The van der Waals surface area contributed by atoms with Crippen LogP contribution in [-0.2, 0) is 17.7 Å². The third-order valence-electron chi connectivity index (χ3n) is 2.03. The molecular formula is C11H20N2O2. The molecule has 4 nitrogen and oxygen atoms in total. The Hall–Kier alpha value is -0.870. The lowest BCUT2D eigenvalue weighted by Crippen LogP contribution is -2.21. The van der Waals surface area contributed by atoms with Gasteiger partial charge in [-0.05, 0) is 6.42 Å². The predicted molar refractivity (Wildman–Crippen MR) is 58.7 cm³/mol. The van der Waals surface area contributed by atoms with Crippen molar-refractivity contribution in [3.8, 4) is 0 Å². The average molecular weight is 212 g/mol. The van der Waals surface area contributed by atoms with Gasteiger partial charge in [-0.1, -0.05) is 13.8 Å². The van der Waals surface area contributed by atoms with E-state index in [1.165, 1.54) is 0 Å². The van der Waals surface area contributed by atoms with Crippen LogP contribution in [0.4, 0.5) is 0 Å². The van der Waals surface area contributed by atoms with E-state index in [9.17, 15) is 0 Å². The Kier molecular flexibility index (Phi) is 5.36. The number of aryl methyl sites for hydroxylation is 1. The molecule has 15 heavy (non-hydrogen) atoms. The van der Waals surface area contributed by atoms with Crippen molar-refractivity contribution in [1.82, 2.24) is 10.3 Å². The van der Waals surface area contributed by atoms with Crippen molar-refractivity contribution in [2.75, 3.05) is 13.7 Å². The SMILES string of the molecule is COCCCc1cnc(CNC(C)C)o1. The summed E-state index contributed by atoms with van der Waals surface area (Å²) in [5.74, 6) is 1.70. The van der Waals surface area contributed by atoms with Crippen LogP contribution in [-0.4, -0.2) is 24.7 Å². The second-order valence-electron chi connectivity index (χ2n) is 3.85. The lowest BCUT2D eigenvalue weighted by Gasteiger charge is -2.03. The molecule has 4 heteroatoms. The zero-order valence-corrected chi connectivity index (χ0v) is 9.75. The molecule has 0 aliphatic rings. The van der Waals surface area contributed by atoms with Crippen molar-refractivity contribution in [2.45, 2.75) is 39.3 Å². The summed E-state index contributed by atoms with van der Waals surface area (Å²) in [5.41, 5.74) is 0. The molecule has 0 aromatic carbocycles. The highest BCUT2D eigenvalue weighted by Crippen LogP contribution is 2.06. The quantitative estimate of drug-likeness (QED) is 0.699. The van der Waals surface area contributed by atoms with Gasteiger partial charge in [-0.2, -0.15) is 0 Å². The van der Waals surface area contributed by atoms with E-state index < -0.39 is 0 Å². The minimum atomic E-state index is 0.453. The zero-order valence-electron chi connectivity index (χ0n) is 9.75. The molecule has 1 aromatic rings. The molecule has 0 bridgehead atoms. The van der Waals surface area contributed by atoms with Gasteiger partial charge in [-0.15, -0.1) is 0 Å². The van der Waals surface area contributed by atoms with Crippen molar-refractivity contribution in [3.05, 3.63) is 17.8 Å². The number of rotatable bonds is 7. The summed E-state index contributed by atoms with van der Waals surface area (Å²) >= 11 is 0. The molecular weight excluding hydrogens is 192 g/mol. The highest BCUT2D eigenvalue weighted by atomic mass is 16.5. The lowest BCUT2D eigenvalue weighted by atomic mass is 10.3. The summed E-state index contributed by atoms with van der Waals surface area (Å²) in [5, 5.41) is 3.26. The summed E-state index contributed by atoms with van der Waals surface area (Å²) in [6.45, 7) is 5.66. The molecule has 0 aliphatic carbocycles. The van der Waals surface area contributed by atoms with E-state index in [0.717, 1.165) is 31.1 Å². The standard InChI is InChI=1S/C11H20N2O2/c1-9(2)12-8-11-13-7-10(15-11)5-4-6-14-3/h7,9,12H,4-6,8H2,1-3H3. The van der Waals surface area contributed by atoms with Gasteiger partial charge in [-0.25, -0.2) is 4.98 Å². The highest BCUT2D eigenvalue weighted by molar-refractivity contribution is 4.94. The highest BCUT2D eigenvalue weighted by Gasteiger charge is 2.03. The first-order valence-electron chi connectivity index (χ1n) is 5.38. The Morgan fingerprint density at radius 3 is 3.00 bits per heavy atom. The van der Waals surface area contributed by atoms with Gasteiger partial charge in [0.2, 0.25) is 5.89 Å². The van der Waals surface area contributed by atoms with Crippen molar-refractivity contribution in [2.24, 2.45) is 0 Å². The van der Waals surface area contributed by atoms with Crippen LogP contribution in [0.25, 0.3) is 0 Å². The molecule has 0 amide bonds. The molecule has 0 spiro atoms. The zero-order chi connectivity index (χ0) is 11.1. The normalized spacial score (nSPS) is 11.2. The van der Waals surface area contributed by atoms with Crippen LogP contribution in [0.1, 0.15) is 31.9 Å². The molecule has 86 valence electrons. The molecule has 0 saturated carbocycles. The summed E-state index contributed by atoms with van der Waals surface area (Å²) < 4.78 is 10.5. The fraction of sp³-hybridized carbons (Fsp3) is 0.727. The lowest BCUT2D eigenvalue weighted by molar-refractivity contribution is 0.193. The number of hydrogen-bond acceptors (Lipinski definition) is 4. The number of ether oxygens (including phenoxy) is 1. The summed E-state index contributed by atoms with van der Waals surface area (Å²) in [6.07, 6.45) is 3.66. The molecule has 1 N–H and O–H groups in total. The minimum absolute atomic E-state index is 0.453. The van der Waals surface area contributed by atoms with E-state index in [-0.39, 0.29) is 0 Å². The van der Waals surface area contributed by atoms with Gasteiger partial charge in [0.1, 0.15) is 5.76 Å². The third-order valence-corrected chi connectivity index (χ3v) is 2.03. The van der Waals surface area contributed by atoms with Crippen LogP contribution >= 0.6 is 0 Å². The Morgan fingerprint density at radius 2 is 2.33 bits per heavy atom. The monoisotopic (exact) mass is 212 g/mol. The number of nitrogens with one attached hydrogen (secondary N) is 1. The van der Waals surface area contributed by atoms with E-state index in [4.69, 9.17) is 9.15 Å². The Balaban J connectivity index is 2.29. The number of aromatic nitrogens is 1. The van der Waals surface area contributed by atoms with E-state index >= 15 is 0 Å². The summed E-state index contributed by atoms with van der Waals surface area (Å²) in [4.78, 5) is 4.20. The molecule has 1 aromatic heterocycles. The number of methoxy groups -OCH3 is 1. The summed E-state index contributed by atoms with van der Waals surface area (Å²) in [6, 6.07) is 0.453. The molecule has 0 fully saturated rings. The largest absolute Gasteiger partial charge is 0.444 e. The number of nitrogens with zero attached hydrogens (tertiary/aromatic N) is 1. The fourth-order valence-corrected chi connectivity index (χ4v) is 1.23. The second kappa shape index (κ2) is 6.58.